The van der Waals surface area contributed by atoms with Crippen molar-refractivity contribution in [1.29, 1.82) is 0 Å². The Kier molecular flexibility index (Phi) is 4.47. The molecule has 1 heterocycles. The minimum atomic E-state index is 0.502. The van der Waals surface area contributed by atoms with E-state index in [1.54, 1.807) is 6.20 Å². The fraction of sp³-hybridized carbons (Fsp3) is 0.167. The highest BCUT2D eigenvalue weighted by atomic mass is 15.3. The van der Waals surface area contributed by atoms with Gasteiger partial charge in [0.15, 0.2) is 5.82 Å². The second-order valence-electron chi connectivity index (χ2n) is 5.43. The number of aryl methyl sites for hydroxylation is 2. The van der Waals surface area contributed by atoms with E-state index >= 15 is 0 Å². The van der Waals surface area contributed by atoms with Crippen molar-refractivity contribution in [1.82, 2.24) is 15.2 Å². The van der Waals surface area contributed by atoms with Gasteiger partial charge in [0.2, 0.25) is 5.95 Å². The van der Waals surface area contributed by atoms with E-state index in [9.17, 15) is 0 Å². The molecule has 0 fully saturated rings. The first kappa shape index (κ1) is 15.0. The van der Waals surface area contributed by atoms with Crippen LogP contribution in [0.15, 0.2) is 54.7 Å². The summed E-state index contributed by atoms with van der Waals surface area (Å²) >= 11 is 0. The van der Waals surface area contributed by atoms with Crippen LogP contribution in [-0.2, 0) is 6.54 Å². The molecule has 0 aliphatic carbocycles. The van der Waals surface area contributed by atoms with Crippen LogP contribution >= 0.6 is 0 Å². The van der Waals surface area contributed by atoms with Crippen molar-refractivity contribution < 1.29 is 0 Å². The van der Waals surface area contributed by atoms with E-state index in [0.29, 0.717) is 18.3 Å². The molecular formula is C18H19N5. The highest BCUT2D eigenvalue weighted by Crippen LogP contribution is 2.18. The predicted molar refractivity (Wildman–Crippen MR) is 92.8 cm³/mol. The summed E-state index contributed by atoms with van der Waals surface area (Å²) in [6.07, 6.45) is 1.61. The van der Waals surface area contributed by atoms with Crippen molar-refractivity contribution in [2.75, 3.05) is 10.6 Å². The molecular weight excluding hydrogens is 286 g/mol. The standard InChI is InChI=1S/C18H19N5/c1-13-8-9-16(10-14(13)2)21-17-12-20-23-18(22-17)19-11-15-6-4-3-5-7-15/h3-10,12H,11H2,1-2H3,(H2,19,21,22,23). The molecule has 2 aromatic carbocycles. The Morgan fingerprint density at radius 1 is 0.957 bits per heavy atom. The Labute approximate surface area is 135 Å². The molecule has 1 aromatic heterocycles. The van der Waals surface area contributed by atoms with Gasteiger partial charge in [-0.25, -0.2) is 0 Å². The van der Waals surface area contributed by atoms with E-state index in [2.05, 4.69) is 63.9 Å². The smallest absolute Gasteiger partial charge is 0.244 e. The fourth-order valence-corrected chi connectivity index (χ4v) is 2.18. The van der Waals surface area contributed by atoms with Crippen LogP contribution in [0, 0.1) is 13.8 Å². The first-order valence-electron chi connectivity index (χ1n) is 7.52. The predicted octanol–water partition coefficient (Wildman–Crippen LogP) is 3.84. The second-order valence-corrected chi connectivity index (χ2v) is 5.43. The van der Waals surface area contributed by atoms with Gasteiger partial charge in [-0.15, -0.1) is 5.10 Å². The minimum absolute atomic E-state index is 0.502. The number of hydrogen-bond donors (Lipinski definition) is 2. The zero-order valence-electron chi connectivity index (χ0n) is 13.2. The summed E-state index contributed by atoms with van der Waals surface area (Å²) in [6.45, 7) is 4.85. The van der Waals surface area contributed by atoms with E-state index < -0.39 is 0 Å². The maximum atomic E-state index is 4.44. The number of aromatic nitrogens is 3. The molecule has 0 amide bonds. The summed E-state index contributed by atoms with van der Waals surface area (Å²) in [5.74, 6) is 1.17. The average Bonchev–Trinajstić information content (AvgIpc) is 2.58. The van der Waals surface area contributed by atoms with E-state index in [-0.39, 0.29) is 0 Å². The monoisotopic (exact) mass is 305 g/mol. The Morgan fingerprint density at radius 2 is 1.78 bits per heavy atom. The van der Waals surface area contributed by atoms with Crippen LogP contribution in [0.2, 0.25) is 0 Å². The quantitative estimate of drug-likeness (QED) is 0.750. The molecule has 0 radical (unpaired) electrons. The van der Waals surface area contributed by atoms with E-state index in [1.807, 2.05) is 24.3 Å². The van der Waals surface area contributed by atoms with Gasteiger partial charge in [0.1, 0.15) is 0 Å². The van der Waals surface area contributed by atoms with Gasteiger partial charge in [-0.1, -0.05) is 36.4 Å². The van der Waals surface area contributed by atoms with Crippen molar-refractivity contribution >= 4 is 17.5 Å². The third-order valence-electron chi connectivity index (χ3n) is 3.63. The van der Waals surface area contributed by atoms with Crippen LogP contribution in [0.1, 0.15) is 16.7 Å². The number of nitrogens with one attached hydrogen (secondary N) is 2. The van der Waals surface area contributed by atoms with Crippen molar-refractivity contribution in [3.8, 4) is 0 Å². The number of nitrogens with zero attached hydrogens (tertiary/aromatic N) is 3. The van der Waals surface area contributed by atoms with Gasteiger partial charge in [-0.2, -0.15) is 10.1 Å². The summed E-state index contributed by atoms with van der Waals surface area (Å²) in [7, 11) is 0. The highest BCUT2D eigenvalue weighted by Gasteiger charge is 2.02. The highest BCUT2D eigenvalue weighted by molar-refractivity contribution is 5.58. The van der Waals surface area contributed by atoms with Crippen molar-refractivity contribution in [2.24, 2.45) is 0 Å². The molecule has 0 spiro atoms. The molecule has 0 saturated carbocycles. The van der Waals surface area contributed by atoms with E-state index in [4.69, 9.17) is 0 Å². The van der Waals surface area contributed by atoms with Crippen LogP contribution < -0.4 is 10.6 Å². The summed E-state index contributed by atoms with van der Waals surface area (Å²) < 4.78 is 0. The first-order chi connectivity index (χ1) is 11.2. The van der Waals surface area contributed by atoms with Gasteiger partial charge in [0, 0.05) is 12.2 Å². The molecule has 0 unspecified atom stereocenters. The SMILES string of the molecule is Cc1ccc(Nc2cnnc(NCc3ccccc3)n2)cc1C. The molecule has 3 rings (SSSR count). The van der Waals surface area contributed by atoms with E-state index in [1.165, 1.54) is 16.7 Å². The van der Waals surface area contributed by atoms with E-state index in [0.717, 1.165) is 5.69 Å². The Bertz CT molecular complexity index is 786. The van der Waals surface area contributed by atoms with Crippen LogP contribution in [0.5, 0.6) is 0 Å². The second kappa shape index (κ2) is 6.87. The molecule has 0 saturated heterocycles. The molecule has 0 aliphatic rings. The largest absolute Gasteiger partial charge is 0.349 e. The maximum Gasteiger partial charge on any atom is 0.244 e. The zero-order valence-corrected chi connectivity index (χ0v) is 13.2. The molecule has 23 heavy (non-hydrogen) atoms. The molecule has 5 heteroatoms. The van der Waals surface area contributed by atoms with Crippen LogP contribution in [-0.4, -0.2) is 15.2 Å². The summed E-state index contributed by atoms with van der Waals surface area (Å²) in [4.78, 5) is 4.44. The first-order valence-corrected chi connectivity index (χ1v) is 7.52. The topological polar surface area (TPSA) is 62.7 Å². The molecule has 0 aliphatic heterocycles. The summed E-state index contributed by atoms with van der Waals surface area (Å²) in [5.41, 5.74) is 4.66. The third kappa shape index (κ3) is 4.03. The van der Waals surface area contributed by atoms with Gasteiger partial charge < -0.3 is 10.6 Å². The maximum absolute atomic E-state index is 4.44. The number of anilines is 3. The van der Waals surface area contributed by atoms with Gasteiger partial charge in [0.05, 0.1) is 6.20 Å². The lowest BCUT2D eigenvalue weighted by molar-refractivity contribution is 0.949. The summed E-state index contributed by atoms with van der Waals surface area (Å²) in [6, 6.07) is 16.3. The van der Waals surface area contributed by atoms with Gasteiger partial charge >= 0.3 is 0 Å². The third-order valence-corrected chi connectivity index (χ3v) is 3.63. The Balaban J connectivity index is 1.68. The Morgan fingerprint density at radius 3 is 2.57 bits per heavy atom. The Hall–Kier alpha value is -2.95. The van der Waals surface area contributed by atoms with Crippen LogP contribution in [0.25, 0.3) is 0 Å². The molecule has 5 nitrogen and oxygen atoms in total. The number of rotatable bonds is 5. The zero-order chi connectivity index (χ0) is 16.1. The van der Waals surface area contributed by atoms with Crippen LogP contribution in [0.4, 0.5) is 17.5 Å². The van der Waals surface area contributed by atoms with Gasteiger partial charge in [-0.3, -0.25) is 0 Å². The van der Waals surface area contributed by atoms with Gasteiger partial charge in [0.25, 0.3) is 0 Å². The molecule has 3 aromatic rings. The van der Waals surface area contributed by atoms with Crippen molar-refractivity contribution in [3.05, 3.63) is 71.4 Å². The molecule has 0 bridgehead atoms. The van der Waals surface area contributed by atoms with Crippen LogP contribution in [0.3, 0.4) is 0 Å². The minimum Gasteiger partial charge on any atom is -0.349 e. The number of hydrogen-bond acceptors (Lipinski definition) is 5. The molecule has 2 N–H and O–H groups in total. The summed E-state index contributed by atoms with van der Waals surface area (Å²) in [5, 5.41) is 14.5. The number of benzene rings is 2. The fourth-order valence-electron chi connectivity index (χ4n) is 2.18. The average molecular weight is 305 g/mol. The molecule has 116 valence electrons. The molecule has 0 atom stereocenters. The van der Waals surface area contributed by atoms with Crippen molar-refractivity contribution in [3.63, 3.8) is 0 Å². The normalized spacial score (nSPS) is 10.3. The van der Waals surface area contributed by atoms with Crippen molar-refractivity contribution in [2.45, 2.75) is 20.4 Å². The lowest BCUT2D eigenvalue weighted by Crippen LogP contribution is -2.06. The lowest BCUT2D eigenvalue weighted by Gasteiger charge is -2.09. The van der Waals surface area contributed by atoms with Gasteiger partial charge in [-0.05, 0) is 42.7 Å². The lowest BCUT2D eigenvalue weighted by atomic mass is 10.1.